The van der Waals surface area contributed by atoms with Crippen LogP contribution >= 0.6 is 0 Å². The Kier molecular flexibility index (Phi) is 6.23. The van der Waals surface area contributed by atoms with Crippen LogP contribution in [0.3, 0.4) is 0 Å². The van der Waals surface area contributed by atoms with Crippen LogP contribution in [0, 0.1) is 0 Å². The quantitative estimate of drug-likeness (QED) is 0.578. The molecule has 1 fully saturated rings. The minimum Gasteiger partial charge on any atom is -0.330 e. The summed E-state index contributed by atoms with van der Waals surface area (Å²) in [5.41, 5.74) is 2.95. The van der Waals surface area contributed by atoms with Crippen LogP contribution in [-0.2, 0) is 17.8 Å². The van der Waals surface area contributed by atoms with E-state index < -0.39 is 6.04 Å². The molecule has 6 heteroatoms. The molecule has 1 N–H and O–H groups in total. The number of amides is 3. The minimum atomic E-state index is -0.856. The predicted octanol–water partition coefficient (Wildman–Crippen LogP) is 1.82. The SMILES string of the molecule is O=C(C(Cc1ccccc1)N1C(=O)c2ccccc2C1=O)N1CC[NH+](Cc2ccccc2)CC1. The van der Waals surface area contributed by atoms with Crippen molar-refractivity contribution >= 4 is 17.7 Å². The number of benzene rings is 3. The Bertz CT molecular complexity index is 1150. The van der Waals surface area contributed by atoms with Crippen molar-refractivity contribution in [1.29, 1.82) is 0 Å². The second-order valence-corrected chi connectivity index (χ2v) is 8.97. The molecule has 1 unspecified atom stereocenters. The molecule has 34 heavy (non-hydrogen) atoms. The molecule has 3 amide bonds. The number of fused-ring (bicyclic) bond motifs is 1. The van der Waals surface area contributed by atoms with E-state index >= 15 is 0 Å². The zero-order valence-electron chi connectivity index (χ0n) is 19.0. The van der Waals surface area contributed by atoms with Crippen molar-refractivity contribution in [3.63, 3.8) is 0 Å². The van der Waals surface area contributed by atoms with E-state index in [1.807, 2.05) is 53.4 Å². The van der Waals surface area contributed by atoms with E-state index in [0.717, 1.165) is 25.2 Å². The summed E-state index contributed by atoms with van der Waals surface area (Å²) in [5.74, 6) is -0.927. The highest BCUT2D eigenvalue weighted by atomic mass is 16.2. The summed E-state index contributed by atoms with van der Waals surface area (Å²) in [6, 6.07) is 25.9. The number of hydrogen-bond acceptors (Lipinski definition) is 3. The first kappa shape index (κ1) is 22.0. The van der Waals surface area contributed by atoms with Crippen LogP contribution in [0.15, 0.2) is 84.9 Å². The van der Waals surface area contributed by atoms with Crippen molar-refractivity contribution in [2.75, 3.05) is 26.2 Å². The van der Waals surface area contributed by atoms with Gasteiger partial charge in [0.1, 0.15) is 12.6 Å². The Morgan fingerprint density at radius 1 is 0.735 bits per heavy atom. The summed E-state index contributed by atoms with van der Waals surface area (Å²) in [4.78, 5) is 44.6. The maximum Gasteiger partial charge on any atom is 0.262 e. The van der Waals surface area contributed by atoms with Crippen LogP contribution in [-0.4, -0.2) is 59.7 Å². The molecule has 1 atom stereocenters. The molecule has 0 radical (unpaired) electrons. The van der Waals surface area contributed by atoms with Crippen molar-refractivity contribution in [2.24, 2.45) is 0 Å². The fourth-order valence-corrected chi connectivity index (χ4v) is 4.93. The lowest BCUT2D eigenvalue weighted by atomic mass is 10.0. The topological polar surface area (TPSA) is 62.1 Å². The Labute approximate surface area is 199 Å². The molecule has 3 aromatic carbocycles. The second-order valence-electron chi connectivity index (χ2n) is 8.97. The maximum absolute atomic E-state index is 13.8. The average molecular weight is 455 g/mol. The number of quaternary nitrogens is 1. The normalized spacial score (nSPS) is 17.1. The summed E-state index contributed by atoms with van der Waals surface area (Å²) < 4.78 is 0. The van der Waals surface area contributed by atoms with Crippen molar-refractivity contribution < 1.29 is 19.3 Å². The molecule has 172 valence electrons. The van der Waals surface area contributed by atoms with E-state index in [0.29, 0.717) is 30.6 Å². The molecule has 3 aromatic rings. The second kappa shape index (κ2) is 9.61. The number of nitrogens with zero attached hydrogens (tertiary/aromatic N) is 2. The van der Waals surface area contributed by atoms with E-state index in [4.69, 9.17) is 0 Å². The van der Waals surface area contributed by atoms with Crippen LogP contribution in [0.5, 0.6) is 0 Å². The van der Waals surface area contributed by atoms with Gasteiger partial charge in [0.25, 0.3) is 11.8 Å². The molecule has 0 bridgehead atoms. The summed E-state index contributed by atoms with van der Waals surface area (Å²) in [6.07, 6.45) is 0.308. The molecular weight excluding hydrogens is 426 g/mol. The third-order valence-electron chi connectivity index (χ3n) is 6.77. The van der Waals surface area contributed by atoms with E-state index in [9.17, 15) is 14.4 Å². The zero-order chi connectivity index (χ0) is 23.5. The van der Waals surface area contributed by atoms with Gasteiger partial charge in [-0.2, -0.15) is 0 Å². The lowest BCUT2D eigenvalue weighted by Crippen LogP contribution is -3.13. The van der Waals surface area contributed by atoms with Gasteiger partial charge >= 0.3 is 0 Å². The van der Waals surface area contributed by atoms with Gasteiger partial charge in [0.2, 0.25) is 5.91 Å². The third kappa shape index (κ3) is 4.37. The molecular formula is C28H28N3O3+. The Morgan fingerprint density at radius 2 is 1.24 bits per heavy atom. The van der Waals surface area contributed by atoms with Gasteiger partial charge < -0.3 is 9.80 Å². The van der Waals surface area contributed by atoms with Gasteiger partial charge in [-0.15, -0.1) is 0 Å². The highest BCUT2D eigenvalue weighted by Gasteiger charge is 2.44. The molecule has 0 aromatic heterocycles. The Balaban J connectivity index is 1.34. The van der Waals surface area contributed by atoms with E-state index in [-0.39, 0.29) is 17.7 Å². The Hall–Kier alpha value is -3.77. The van der Waals surface area contributed by atoms with Crippen molar-refractivity contribution in [3.05, 3.63) is 107 Å². The average Bonchev–Trinajstić information content (AvgIpc) is 3.14. The molecule has 0 aliphatic carbocycles. The number of carbonyl (C=O) groups is 3. The number of piperazine rings is 1. The number of rotatable bonds is 6. The highest BCUT2D eigenvalue weighted by molar-refractivity contribution is 6.22. The van der Waals surface area contributed by atoms with Crippen LogP contribution in [0.2, 0.25) is 0 Å². The van der Waals surface area contributed by atoms with Crippen molar-refractivity contribution in [3.8, 4) is 0 Å². The smallest absolute Gasteiger partial charge is 0.262 e. The van der Waals surface area contributed by atoms with Crippen LogP contribution in [0.25, 0.3) is 0 Å². The molecule has 5 rings (SSSR count). The molecule has 2 heterocycles. The standard InChI is InChI=1S/C28H27N3O3/c32-26-23-13-7-8-14-24(23)27(33)31(26)25(19-21-9-3-1-4-10-21)28(34)30-17-15-29(16-18-30)20-22-11-5-2-6-12-22/h1-14,25H,15-20H2/p+1. The lowest BCUT2D eigenvalue weighted by Gasteiger charge is -2.36. The molecule has 1 saturated heterocycles. The third-order valence-corrected chi connectivity index (χ3v) is 6.77. The van der Waals surface area contributed by atoms with Crippen LogP contribution in [0.4, 0.5) is 0 Å². The summed E-state index contributed by atoms with van der Waals surface area (Å²) in [6.45, 7) is 3.81. The number of carbonyl (C=O) groups excluding carboxylic acids is 3. The number of imide groups is 1. The van der Waals surface area contributed by atoms with Gasteiger partial charge in [0.15, 0.2) is 0 Å². The molecule has 0 saturated carbocycles. The first-order chi connectivity index (χ1) is 16.6. The van der Waals surface area contributed by atoms with Crippen molar-refractivity contribution in [1.82, 2.24) is 9.80 Å². The van der Waals surface area contributed by atoms with Gasteiger partial charge in [-0.25, -0.2) is 0 Å². The van der Waals surface area contributed by atoms with Gasteiger partial charge in [-0.1, -0.05) is 72.8 Å². The van der Waals surface area contributed by atoms with Gasteiger partial charge in [-0.3, -0.25) is 19.3 Å². The van der Waals surface area contributed by atoms with Gasteiger partial charge in [0, 0.05) is 12.0 Å². The van der Waals surface area contributed by atoms with E-state index in [2.05, 4.69) is 12.1 Å². The van der Waals surface area contributed by atoms with Crippen LogP contribution in [0.1, 0.15) is 31.8 Å². The minimum absolute atomic E-state index is 0.155. The molecule has 2 aliphatic heterocycles. The lowest BCUT2D eigenvalue weighted by molar-refractivity contribution is -0.917. The number of nitrogens with one attached hydrogen (secondary N) is 1. The largest absolute Gasteiger partial charge is 0.330 e. The molecule has 2 aliphatic rings. The predicted molar refractivity (Wildman–Crippen MR) is 128 cm³/mol. The van der Waals surface area contributed by atoms with Crippen LogP contribution < -0.4 is 4.90 Å². The zero-order valence-corrected chi connectivity index (χ0v) is 19.0. The Morgan fingerprint density at radius 3 is 1.79 bits per heavy atom. The van der Waals surface area contributed by atoms with Gasteiger partial charge in [-0.05, 0) is 17.7 Å². The van der Waals surface area contributed by atoms with Gasteiger partial charge in [0.05, 0.1) is 37.3 Å². The number of hydrogen-bond donors (Lipinski definition) is 1. The summed E-state index contributed by atoms with van der Waals surface area (Å²) in [5, 5.41) is 0. The summed E-state index contributed by atoms with van der Waals surface area (Å²) in [7, 11) is 0. The molecule has 0 spiro atoms. The van der Waals surface area contributed by atoms with Crippen molar-refractivity contribution in [2.45, 2.75) is 19.0 Å². The van der Waals surface area contributed by atoms with E-state index in [1.54, 1.807) is 24.3 Å². The summed E-state index contributed by atoms with van der Waals surface area (Å²) >= 11 is 0. The first-order valence-corrected chi connectivity index (χ1v) is 11.8. The maximum atomic E-state index is 13.8. The molecule has 6 nitrogen and oxygen atoms in total. The monoisotopic (exact) mass is 454 g/mol. The fraction of sp³-hybridized carbons (Fsp3) is 0.250. The van der Waals surface area contributed by atoms with E-state index in [1.165, 1.54) is 15.4 Å². The first-order valence-electron chi connectivity index (χ1n) is 11.8. The fourth-order valence-electron chi connectivity index (χ4n) is 4.93. The highest BCUT2D eigenvalue weighted by Crippen LogP contribution is 2.27.